The zero-order chi connectivity index (χ0) is 11.4. The van der Waals surface area contributed by atoms with Crippen LogP contribution in [0.3, 0.4) is 0 Å². The number of rotatable bonds is 4. The number of hydrogen-bond acceptors (Lipinski definition) is 3. The van der Waals surface area contributed by atoms with E-state index in [1.165, 1.54) is 13.2 Å². The number of halogens is 1. The quantitative estimate of drug-likeness (QED) is 0.797. The van der Waals surface area contributed by atoms with E-state index < -0.39 is 11.9 Å². The zero-order valence-corrected chi connectivity index (χ0v) is 8.96. The minimum atomic E-state index is -0.912. The first-order chi connectivity index (χ1) is 7.10. The van der Waals surface area contributed by atoms with E-state index in [4.69, 9.17) is 10.5 Å². The van der Waals surface area contributed by atoms with E-state index in [0.29, 0.717) is 18.7 Å². The average Bonchev–Trinajstić information content (AvgIpc) is 2.16. The Labute approximate surface area is 88.7 Å². The number of hydrogen-bond donors (Lipinski definition) is 2. The van der Waals surface area contributed by atoms with Crippen molar-refractivity contribution in [1.82, 2.24) is 0 Å². The number of aliphatic hydroxyl groups excluding tert-OH is 1. The summed E-state index contributed by atoms with van der Waals surface area (Å²) in [6.45, 7) is 2.07. The molecule has 1 aromatic rings. The molecule has 0 saturated heterocycles. The molecule has 0 aromatic heterocycles. The van der Waals surface area contributed by atoms with Crippen LogP contribution in [-0.4, -0.2) is 18.8 Å². The van der Waals surface area contributed by atoms with E-state index in [-0.39, 0.29) is 5.56 Å². The molecule has 3 N–H and O–H groups in total. The van der Waals surface area contributed by atoms with Crippen LogP contribution in [0.15, 0.2) is 12.1 Å². The van der Waals surface area contributed by atoms with Crippen molar-refractivity contribution < 1.29 is 14.2 Å². The zero-order valence-electron chi connectivity index (χ0n) is 8.96. The Hall–Kier alpha value is -1.13. The molecule has 4 heteroatoms. The van der Waals surface area contributed by atoms with Crippen LogP contribution in [0.25, 0.3) is 0 Å². The van der Waals surface area contributed by atoms with Gasteiger partial charge in [-0.1, -0.05) is 0 Å². The molecule has 0 heterocycles. The van der Waals surface area contributed by atoms with Crippen molar-refractivity contribution in [2.24, 2.45) is 5.73 Å². The van der Waals surface area contributed by atoms with Crippen LogP contribution in [0.4, 0.5) is 4.39 Å². The van der Waals surface area contributed by atoms with Gasteiger partial charge < -0.3 is 15.6 Å². The fourth-order valence-corrected chi connectivity index (χ4v) is 1.52. The lowest BCUT2D eigenvalue weighted by Gasteiger charge is -2.15. The molecule has 0 aliphatic heterocycles. The van der Waals surface area contributed by atoms with Gasteiger partial charge in [-0.3, -0.25) is 0 Å². The highest BCUT2D eigenvalue weighted by molar-refractivity contribution is 5.39. The molecule has 3 nitrogen and oxygen atoms in total. The summed E-state index contributed by atoms with van der Waals surface area (Å²) in [4.78, 5) is 0. The summed E-state index contributed by atoms with van der Waals surface area (Å²) >= 11 is 0. The fraction of sp³-hybridized carbons (Fsp3) is 0.455. The van der Waals surface area contributed by atoms with E-state index in [1.807, 2.05) is 0 Å². The maximum Gasteiger partial charge on any atom is 0.132 e. The van der Waals surface area contributed by atoms with Gasteiger partial charge in [0.2, 0.25) is 0 Å². The van der Waals surface area contributed by atoms with Gasteiger partial charge in [-0.05, 0) is 37.6 Å². The molecule has 0 aliphatic rings. The minimum Gasteiger partial charge on any atom is -0.496 e. The fourth-order valence-electron chi connectivity index (χ4n) is 1.52. The molecule has 0 spiro atoms. The highest BCUT2D eigenvalue weighted by atomic mass is 19.1. The van der Waals surface area contributed by atoms with E-state index in [9.17, 15) is 9.50 Å². The summed E-state index contributed by atoms with van der Waals surface area (Å²) in [6.07, 6.45) is -0.596. The highest BCUT2D eigenvalue weighted by Crippen LogP contribution is 2.30. The molecule has 1 rings (SSSR count). The maximum atomic E-state index is 13.6. The van der Waals surface area contributed by atoms with Gasteiger partial charge in [0, 0.05) is 0 Å². The van der Waals surface area contributed by atoms with E-state index >= 15 is 0 Å². The van der Waals surface area contributed by atoms with Crippen molar-refractivity contribution in [3.8, 4) is 5.75 Å². The Morgan fingerprint density at radius 2 is 2.20 bits per heavy atom. The number of aliphatic hydroxyl groups is 1. The van der Waals surface area contributed by atoms with Crippen LogP contribution >= 0.6 is 0 Å². The third-order valence-electron chi connectivity index (χ3n) is 2.23. The van der Waals surface area contributed by atoms with Gasteiger partial charge in [-0.2, -0.15) is 0 Å². The van der Waals surface area contributed by atoms with Crippen molar-refractivity contribution in [2.45, 2.75) is 19.4 Å². The van der Waals surface area contributed by atoms with Gasteiger partial charge in [0.15, 0.2) is 0 Å². The van der Waals surface area contributed by atoms with Crippen molar-refractivity contribution in [3.05, 3.63) is 29.1 Å². The molecule has 15 heavy (non-hydrogen) atoms. The second-order valence-corrected chi connectivity index (χ2v) is 3.46. The molecule has 0 fully saturated rings. The van der Waals surface area contributed by atoms with Crippen LogP contribution in [0, 0.1) is 12.7 Å². The first-order valence-electron chi connectivity index (χ1n) is 4.82. The van der Waals surface area contributed by atoms with Crippen LogP contribution in [0.1, 0.15) is 23.7 Å². The summed E-state index contributed by atoms with van der Waals surface area (Å²) in [7, 11) is 1.45. The molecule has 1 atom stereocenters. The molecule has 0 amide bonds. The highest BCUT2D eigenvalue weighted by Gasteiger charge is 2.18. The van der Waals surface area contributed by atoms with Crippen molar-refractivity contribution in [2.75, 3.05) is 13.7 Å². The topological polar surface area (TPSA) is 55.5 Å². The largest absolute Gasteiger partial charge is 0.496 e. The summed E-state index contributed by atoms with van der Waals surface area (Å²) in [6, 6.07) is 3.07. The molecule has 0 aliphatic carbocycles. The Kier molecular flexibility index (Phi) is 4.05. The van der Waals surface area contributed by atoms with Gasteiger partial charge in [0.1, 0.15) is 11.6 Å². The van der Waals surface area contributed by atoms with E-state index in [1.54, 1.807) is 13.0 Å². The van der Waals surface area contributed by atoms with Gasteiger partial charge in [0.25, 0.3) is 0 Å². The SMILES string of the molecule is COc1cc(C)cc(F)c1[C@H](O)CCN. The van der Waals surface area contributed by atoms with Gasteiger partial charge in [0.05, 0.1) is 18.8 Å². The van der Waals surface area contributed by atoms with E-state index in [0.717, 1.165) is 5.56 Å². The standard InChI is InChI=1S/C11H16FNO2/c1-7-5-8(12)11(9(14)3-4-13)10(6-7)15-2/h5-6,9,14H,3-4,13H2,1-2H3/t9-/m1/s1. The Bertz CT molecular complexity index is 342. The van der Waals surface area contributed by atoms with Crippen LogP contribution < -0.4 is 10.5 Å². The number of aryl methyl sites for hydroxylation is 1. The minimum absolute atomic E-state index is 0.188. The molecular weight excluding hydrogens is 197 g/mol. The van der Waals surface area contributed by atoms with Crippen LogP contribution in [-0.2, 0) is 0 Å². The summed E-state index contributed by atoms with van der Waals surface area (Å²) in [5.41, 5.74) is 6.26. The molecule has 0 unspecified atom stereocenters. The lowest BCUT2D eigenvalue weighted by atomic mass is 10.0. The van der Waals surface area contributed by atoms with Crippen LogP contribution in [0.2, 0.25) is 0 Å². The normalized spacial score (nSPS) is 12.6. The van der Waals surface area contributed by atoms with Gasteiger partial charge >= 0.3 is 0 Å². The number of methoxy groups -OCH3 is 1. The second kappa shape index (κ2) is 5.09. The number of ether oxygens (including phenoxy) is 1. The van der Waals surface area contributed by atoms with E-state index in [2.05, 4.69) is 0 Å². The third-order valence-corrected chi connectivity index (χ3v) is 2.23. The number of nitrogens with two attached hydrogens (primary N) is 1. The summed E-state index contributed by atoms with van der Waals surface area (Å²) in [5.74, 6) is -0.0822. The smallest absolute Gasteiger partial charge is 0.132 e. The third kappa shape index (κ3) is 2.67. The van der Waals surface area contributed by atoms with Crippen molar-refractivity contribution in [3.63, 3.8) is 0 Å². The Balaban J connectivity index is 3.14. The monoisotopic (exact) mass is 213 g/mol. The number of benzene rings is 1. The van der Waals surface area contributed by atoms with Crippen molar-refractivity contribution >= 4 is 0 Å². The molecule has 0 bridgehead atoms. The molecule has 1 aromatic carbocycles. The Morgan fingerprint density at radius 3 is 2.73 bits per heavy atom. The summed E-state index contributed by atoms with van der Waals surface area (Å²) < 4.78 is 18.6. The molecular formula is C11H16FNO2. The predicted octanol–water partition coefficient (Wildman–Crippen LogP) is 1.52. The lowest BCUT2D eigenvalue weighted by Crippen LogP contribution is -2.10. The van der Waals surface area contributed by atoms with Gasteiger partial charge in [-0.25, -0.2) is 4.39 Å². The maximum absolute atomic E-state index is 13.6. The summed E-state index contributed by atoms with van der Waals surface area (Å²) in [5, 5.41) is 9.70. The van der Waals surface area contributed by atoms with Crippen LogP contribution in [0.5, 0.6) is 5.75 Å². The molecule has 84 valence electrons. The molecule has 0 radical (unpaired) electrons. The second-order valence-electron chi connectivity index (χ2n) is 3.46. The lowest BCUT2D eigenvalue weighted by molar-refractivity contribution is 0.161. The average molecular weight is 213 g/mol. The van der Waals surface area contributed by atoms with Gasteiger partial charge in [-0.15, -0.1) is 0 Å². The Morgan fingerprint density at radius 1 is 1.53 bits per heavy atom. The molecule has 0 saturated carbocycles. The van der Waals surface area contributed by atoms with Crippen molar-refractivity contribution in [1.29, 1.82) is 0 Å². The predicted molar refractivity (Wildman–Crippen MR) is 56.3 cm³/mol. The first kappa shape index (κ1) is 11.9. The first-order valence-corrected chi connectivity index (χ1v) is 4.82.